The molecule has 0 saturated heterocycles. The van der Waals surface area contributed by atoms with Gasteiger partial charge in [0.1, 0.15) is 5.82 Å². The largest absolute Gasteiger partial charge is 0.419 e. The first-order chi connectivity index (χ1) is 11.7. The highest BCUT2D eigenvalue weighted by Gasteiger charge is 2.39. The van der Waals surface area contributed by atoms with E-state index in [0.29, 0.717) is 18.2 Å². The molecule has 0 radical (unpaired) electrons. The summed E-state index contributed by atoms with van der Waals surface area (Å²) in [6.45, 7) is 0. The summed E-state index contributed by atoms with van der Waals surface area (Å²) < 4.78 is 51.0. The summed E-state index contributed by atoms with van der Waals surface area (Å²) in [5.41, 5.74) is -2.11. The van der Waals surface area contributed by atoms with Gasteiger partial charge in [0.25, 0.3) is 11.8 Å². The van der Waals surface area contributed by atoms with Crippen molar-refractivity contribution in [3.8, 4) is 0 Å². The van der Waals surface area contributed by atoms with Crippen LogP contribution in [0.5, 0.6) is 0 Å². The Bertz CT molecular complexity index is 872. The third-order valence-electron chi connectivity index (χ3n) is 3.44. The number of hydrogen-bond acceptors (Lipinski definition) is 4. The van der Waals surface area contributed by atoms with Crippen LogP contribution < -0.4 is 0 Å². The molecule has 0 aliphatic carbocycles. The third-order valence-corrected chi connectivity index (χ3v) is 3.44. The van der Waals surface area contributed by atoms with Gasteiger partial charge in [-0.15, -0.1) is 0 Å². The van der Waals surface area contributed by atoms with E-state index >= 15 is 0 Å². The standard InChI is InChI=1S/C16H7F4NO4/c17-12-7-8(5-6-11(12)16(18,19)20)15(24)25-21-13(22)9-3-1-2-4-10(9)14(21)23/h1-7H. The fourth-order valence-corrected chi connectivity index (χ4v) is 2.26. The van der Waals surface area contributed by atoms with E-state index in [1.165, 1.54) is 24.3 Å². The van der Waals surface area contributed by atoms with Crippen LogP contribution in [0.25, 0.3) is 0 Å². The zero-order chi connectivity index (χ0) is 18.4. The number of rotatable bonds is 2. The second-order valence-corrected chi connectivity index (χ2v) is 5.02. The molecule has 5 nitrogen and oxygen atoms in total. The maximum atomic E-state index is 13.5. The lowest BCUT2D eigenvalue weighted by Gasteiger charge is -2.13. The van der Waals surface area contributed by atoms with Crippen LogP contribution in [0, 0.1) is 5.82 Å². The van der Waals surface area contributed by atoms with Crippen molar-refractivity contribution in [3.63, 3.8) is 0 Å². The van der Waals surface area contributed by atoms with E-state index in [2.05, 4.69) is 4.84 Å². The minimum Gasteiger partial charge on any atom is -0.324 e. The highest BCUT2D eigenvalue weighted by molar-refractivity contribution is 6.21. The van der Waals surface area contributed by atoms with E-state index in [-0.39, 0.29) is 16.2 Å². The van der Waals surface area contributed by atoms with Crippen LogP contribution in [0.3, 0.4) is 0 Å². The van der Waals surface area contributed by atoms with Gasteiger partial charge in [0.05, 0.1) is 22.3 Å². The van der Waals surface area contributed by atoms with Crippen LogP contribution in [0.4, 0.5) is 17.6 Å². The Balaban J connectivity index is 1.83. The SMILES string of the molecule is O=C(ON1C(=O)c2ccccc2C1=O)c1ccc(C(F)(F)F)c(F)c1. The molecule has 0 saturated carbocycles. The lowest BCUT2D eigenvalue weighted by atomic mass is 10.1. The molecule has 9 heteroatoms. The van der Waals surface area contributed by atoms with E-state index in [0.717, 1.165) is 0 Å². The molecular weight excluding hydrogens is 346 g/mol. The van der Waals surface area contributed by atoms with Crippen molar-refractivity contribution < 1.29 is 36.8 Å². The second kappa shape index (κ2) is 5.69. The van der Waals surface area contributed by atoms with Crippen molar-refractivity contribution in [2.45, 2.75) is 6.18 Å². The van der Waals surface area contributed by atoms with Crippen LogP contribution in [0.15, 0.2) is 42.5 Å². The number of amides is 2. The number of carbonyl (C=O) groups is 3. The molecule has 2 aromatic rings. The third kappa shape index (κ3) is 2.84. The minimum absolute atomic E-state index is 0.0129. The van der Waals surface area contributed by atoms with Gasteiger partial charge in [-0.3, -0.25) is 9.59 Å². The van der Waals surface area contributed by atoms with Crippen LogP contribution in [0.1, 0.15) is 36.6 Å². The molecule has 0 unspecified atom stereocenters. The quantitative estimate of drug-likeness (QED) is 0.614. The number of benzene rings is 2. The molecule has 0 aromatic heterocycles. The number of hydroxylamine groups is 2. The number of halogens is 4. The second-order valence-electron chi connectivity index (χ2n) is 5.02. The Kier molecular flexibility index (Phi) is 3.78. The van der Waals surface area contributed by atoms with Gasteiger partial charge in [-0.2, -0.15) is 13.2 Å². The van der Waals surface area contributed by atoms with Gasteiger partial charge in [0, 0.05) is 0 Å². The summed E-state index contributed by atoms with van der Waals surface area (Å²) in [4.78, 5) is 40.6. The summed E-state index contributed by atoms with van der Waals surface area (Å²) in [5.74, 6) is -4.82. The molecule has 3 rings (SSSR count). The Hall–Kier alpha value is -3.23. The topological polar surface area (TPSA) is 63.7 Å². The monoisotopic (exact) mass is 353 g/mol. The Morgan fingerprint density at radius 3 is 2.00 bits per heavy atom. The Morgan fingerprint density at radius 1 is 0.960 bits per heavy atom. The number of carbonyl (C=O) groups excluding carboxylic acids is 3. The molecule has 25 heavy (non-hydrogen) atoms. The number of nitrogens with zero attached hydrogens (tertiary/aromatic N) is 1. The van der Waals surface area contributed by atoms with E-state index in [4.69, 9.17) is 0 Å². The summed E-state index contributed by atoms with van der Waals surface area (Å²) in [6, 6.07) is 7.08. The number of hydrogen-bond donors (Lipinski definition) is 0. The van der Waals surface area contributed by atoms with E-state index in [1.54, 1.807) is 0 Å². The molecule has 1 aliphatic rings. The zero-order valence-electron chi connectivity index (χ0n) is 12.1. The van der Waals surface area contributed by atoms with Gasteiger partial charge in [0.15, 0.2) is 0 Å². The fraction of sp³-hybridized carbons (Fsp3) is 0.0625. The smallest absolute Gasteiger partial charge is 0.324 e. The molecule has 128 valence electrons. The van der Waals surface area contributed by atoms with Gasteiger partial charge in [0.2, 0.25) is 0 Å². The first-order valence-electron chi connectivity index (χ1n) is 6.77. The molecule has 2 aromatic carbocycles. The van der Waals surface area contributed by atoms with E-state index in [1.807, 2.05) is 0 Å². The molecular formula is C16H7F4NO4. The van der Waals surface area contributed by atoms with Crippen LogP contribution in [-0.4, -0.2) is 22.8 Å². The molecule has 0 spiro atoms. The van der Waals surface area contributed by atoms with Gasteiger partial charge >= 0.3 is 12.1 Å². The predicted octanol–water partition coefficient (Wildman–Crippen LogP) is 3.21. The molecule has 0 N–H and O–H groups in total. The Morgan fingerprint density at radius 2 is 1.52 bits per heavy atom. The summed E-state index contributed by atoms with van der Waals surface area (Å²) >= 11 is 0. The van der Waals surface area contributed by atoms with Crippen LogP contribution >= 0.6 is 0 Å². The van der Waals surface area contributed by atoms with Gasteiger partial charge in [-0.05, 0) is 30.3 Å². The maximum Gasteiger partial charge on any atom is 0.419 e. The maximum absolute atomic E-state index is 13.5. The van der Waals surface area contributed by atoms with Gasteiger partial charge in [-0.1, -0.05) is 17.2 Å². The van der Waals surface area contributed by atoms with Crippen molar-refractivity contribution in [3.05, 3.63) is 70.5 Å². The first-order valence-corrected chi connectivity index (χ1v) is 6.77. The molecule has 0 atom stereocenters. The number of imide groups is 1. The van der Waals surface area contributed by atoms with Crippen molar-refractivity contribution in [2.75, 3.05) is 0 Å². The Labute approximate surface area is 137 Å². The van der Waals surface area contributed by atoms with Gasteiger partial charge < -0.3 is 4.84 Å². The molecule has 1 aliphatic heterocycles. The van der Waals surface area contributed by atoms with Crippen LogP contribution in [0.2, 0.25) is 0 Å². The van der Waals surface area contributed by atoms with Crippen molar-refractivity contribution in [1.82, 2.24) is 5.06 Å². The minimum atomic E-state index is -4.92. The molecule has 0 fully saturated rings. The summed E-state index contributed by atoms with van der Waals surface area (Å²) in [5, 5.41) is 0.183. The summed E-state index contributed by atoms with van der Waals surface area (Å²) in [7, 11) is 0. The number of alkyl halides is 3. The lowest BCUT2D eigenvalue weighted by Crippen LogP contribution is -2.32. The van der Waals surface area contributed by atoms with E-state index in [9.17, 15) is 31.9 Å². The average molecular weight is 353 g/mol. The molecule has 1 heterocycles. The average Bonchev–Trinajstić information content (AvgIpc) is 2.79. The van der Waals surface area contributed by atoms with E-state index < -0.39 is 40.9 Å². The van der Waals surface area contributed by atoms with Gasteiger partial charge in [-0.25, -0.2) is 9.18 Å². The predicted molar refractivity (Wildman–Crippen MR) is 73.8 cm³/mol. The summed E-state index contributed by atoms with van der Waals surface area (Å²) in [6.07, 6.45) is -4.92. The highest BCUT2D eigenvalue weighted by Crippen LogP contribution is 2.32. The number of fused-ring (bicyclic) bond motifs is 1. The highest BCUT2D eigenvalue weighted by atomic mass is 19.4. The van der Waals surface area contributed by atoms with Crippen molar-refractivity contribution in [1.29, 1.82) is 0 Å². The first kappa shape index (κ1) is 16.6. The lowest BCUT2D eigenvalue weighted by molar-refractivity contribution is -0.140. The van der Waals surface area contributed by atoms with Crippen LogP contribution in [-0.2, 0) is 11.0 Å². The molecule has 2 amide bonds. The van der Waals surface area contributed by atoms with Crippen molar-refractivity contribution in [2.24, 2.45) is 0 Å². The molecule has 0 bridgehead atoms. The van der Waals surface area contributed by atoms with Crippen molar-refractivity contribution >= 4 is 17.8 Å². The zero-order valence-corrected chi connectivity index (χ0v) is 12.1. The normalized spacial score (nSPS) is 13.8. The fourth-order valence-electron chi connectivity index (χ4n) is 2.26.